The van der Waals surface area contributed by atoms with Crippen LogP contribution < -0.4 is 16.6 Å². The van der Waals surface area contributed by atoms with Crippen molar-refractivity contribution in [2.24, 2.45) is 0 Å². The molecule has 2 aromatic carbocycles. The molecule has 11 heteroatoms. The number of carbonyl (C=O) groups excluding carboxylic acids is 1. The van der Waals surface area contributed by atoms with Crippen molar-refractivity contribution in [1.82, 2.24) is 24.5 Å². The molecule has 1 N–H and O–H groups in total. The number of amides is 1. The minimum absolute atomic E-state index is 0.0579. The van der Waals surface area contributed by atoms with Crippen LogP contribution in [0.2, 0.25) is 5.02 Å². The Morgan fingerprint density at radius 2 is 1.85 bits per heavy atom. The average molecular weight is 481 g/mol. The minimum atomic E-state index is -0.625. The van der Waals surface area contributed by atoms with Crippen LogP contribution in [0.25, 0.3) is 17.2 Å². The van der Waals surface area contributed by atoms with Crippen molar-refractivity contribution in [1.29, 1.82) is 0 Å². The zero-order valence-electron chi connectivity index (χ0n) is 18.5. The Bertz CT molecular complexity index is 1460. The van der Waals surface area contributed by atoms with Gasteiger partial charge in [-0.05, 0) is 38.1 Å². The van der Waals surface area contributed by atoms with Gasteiger partial charge in [-0.3, -0.25) is 14.2 Å². The maximum atomic E-state index is 12.9. The lowest BCUT2D eigenvalue weighted by Crippen LogP contribution is -2.41. The highest BCUT2D eigenvalue weighted by molar-refractivity contribution is 6.33. The van der Waals surface area contributed by atoms with E-state index in [1.165, 1.54) is 0 Å². The van der Waals surface area contributed by atoms with Crippen LogP contribution in [0.3, 0.4) is 0 Å². The zero-order valence-corrected chi connectivity index (χ0v) is 19.2. The molecule has 10 nitrogen and oxygen atoms in total. The molecule has 0 fully saturated rings. The summed E-state index contributed by atoms with van der Waals surface area (Å²) in [6.45, 7) is 3.76. The van der Waals surface area contributed by atoms with Gasteiger partial charge in [-0.2, -0.15) is 14.8 Å². The van der Waals surface area contributed by atoms with E-state index in [9.17, 15) is 14.4 Å². The summed E-state index contributed by atoms with van der Waals surface area (Å²) in [5.74, 6) is -0.191. The third-order valence-corrected chi connectivity index (χ3v) is 5.38. The predicted molar refractivity (Wildman–Crippen MR) is 126 cm³/mol. The second-order valence-corrected chi connectivity index (χ2v) is 7.87. The molecule has 0 saturated heterocycles. The third kappa shape index (κ3) is 4.81. The van der Waals surface area contributed by atoms with E-state index in [1.54, 1.807) is 43.3 Å². The molecular weight excluding hydrogens is 460 g/mol. The van der Waals surface area contributed by atoms with Crippen LogP contribution in [0.1, 0.15) is 24.8 Å². The highest BCUT2D eigenvalue weighted by Crippen LogP contribution is 2.20. The number of hydrogen-bond donors (Lipinski definition) is 1. The maximum absolute atomic E-state index is 12.9. The van der Waals surface area contributed by atoms with Crippen LogP contribution in [0.5, 0.6) is 0 Å². The van der Waals surface area contributed by atoms with Crippen molar-refractivity contribution in [3.63, 3.8) is 0 Å². The second-order valence-electron chi connectivity index (χ2n) is 7.47. The Morgan fingerprint density at radius 3 is 2.56 bits per heavy atom. The van der Waals surface area contributed by atoms with Gasteiger partial charge in [-0.15, -0.1) is 0 Å². The fourth-order valence-corrected chi connectivity index (χ4v) is 3.42. The molecule has 34 heavy (non-hydrogen) atoms. The lowest BCUT2D eigenvalue weighted by Gasteiger charge is -2.09. The Hall–Kier alpha value is -4.05. The molecule has 4 rings (SSSR count). The Kier molecular flexibility index (Phi) is 6.69. The molecule has 1 amide bonds. The quantitative estimate of drug-likeness (QED) is 0.431. The van der Waals surface area contributed by atoms with Crippen LogP contribution in [0.4, 0.5) is 5.69 Å². The Labute approximate surface area is 198 Å². The van der Waals surface area contributed by atoms with Crippen molar-refractivity contribution in [3.05, 3.63) is 85.8 Å². The number of carbonyl (C=O) groups is 1. The standard InChI is InChI=1S/C23H21ClN6O4/c1-3-29-22(32)20(27-30(23(29)33)15-10-8-14(2)9-11-15)21-26-19(34-28-21)13-12-18(31)25-17-7-5-4-6-16(17)24/h4-11H,3,12-13H2,1-2H3,(H,25,31). The lowest BCUT2D eigenvalue weighted by atomic mass is 10.2. The van der Waals surface area contributed by atoms with Gasteiger partial charge in [0.05, 0.1) is 16.4 Å². The van der Waals surface area contributed by atoms with Gasteiger partial charge in [0.1, 0.15) is 0 Å². The van der Waals surface area contributed by atoms with E-state index in [0.29, 0.717) is 16.4 Å². The molecule has 2 aromatic heterocycles. The smallest absolute Gasteiger partial charge is 0.339 e. The number of para-hydroxylation sites is 1. The summed E-state index contributed by atoms with van der Waals surface area (Å²) in [4.78, 5) is 42.1. The number of halogens is 1. The number of aryl methyl sites for hydroxylation is 2. The Morgan fingerprint density at radius 1 is 1.12 bits per heavy atom. The molecular formula is C23H21ClN6O4. The summed E-state index contributed by atoms with van der Waals surface area (Å²) in [5, 5.41) is 11.2. The molecule has 0 aliphatic heterocycles. The summed E-state index contributed by atoms with van der Waals surface area (Å²) < 4.78 is 7.40. The molecule has 0 saturated carbocycles. The van der Waals surface area contributed by atoms with E-state index in [1.807, 2.05) is 19.1 Å². The predicted octanol–water partition coefficient (Wildman–Crippen LogP) is 3.00. The van der Waals surface area contributed by atoms with Gasteiger partial charge in [0, 0.05) is 19.4 Å². The van der Waals surface area contributed by atoms with Crippen molar-refractivity contribution in [2.45, 2.75) is 33.2 Å². The number of nitrogens with one attached hydrogen (secondary N) is 1. The Balaban J connectivity index is 1.58. The van der Waals surface area contributed by atoms with Gasteiger partial charge in [-0.25, -0.2) is 4.79 Å². The second kappa shape index (κ2) is 9.84. The van der Waals surface area contributed by atoms with Crippen molar-refractivity contribution in [3.8, 4) is 17.2 Å². The number of aromatic nitrogens is 5. The first kappa shape index (κ1) is 23.1. The van der Waals surface area contributed by atoms with Gasteiger partial charge in [0.25, 0.3) is 5.56 Å². The van der Waals surface area contributed by atoms with E-state index in [0.717, 1.165) is 14.8 Å². The monoisotopic (exact) mass is 480 g/mol. The molecule has 4 aromatic rings. The van der Waals surface area contributed by atoms with Crippen molar-refractivity contribution < 1.29 is 9.32 Å². The maximum Gasteiger partial charge on any atom is 0.352 e. The first-order valence-corrected chi connectivity index (χ1v) is 10.9. The van der Waals surface area contributed by atoms with E-state index >= 15 is 0 Å². The topological polar surface area (TPSA) is 125 Å². The summed E-state index contributed by atoms with van der Waals surface area (Å²) in [7, 11) is 0. The number of rotatable bonds is 7. The summed E-state index contributed by atoms with van der Waals surface area (Å²) >= 11 is 6.05. The van der Waals surface area contributed by atoms with Gasteiger partial charge in [-0.1, -0.05) is 46.6 Å². The fourth-order valence-electron chi connectivity index (χ4n) is 3.24. The highest BCUT2D eigenvalue weighted by atomic mass is 35.5. The van der Waals surface area contributed by atoms with Gasteiger partial charge < -0.3 is 9.84 Å². The van der Waals surface area contributed by atoms with Gasteiger partial charge >= 0.3 is 5.69 Å². The molecule has 0 spiro atoms. The lowest BCUT2D eigenvalue weighted by molar-refractivity contribution is -0.116. The third-order valence-electron chi connectivity index (χ3n) is 5.05. The van der Waals surface area contributed by atoms with E-state index in [-0.39, 0.29) is 42.7 Å². The van der Waals surface area contributed by atoms with E-state index in [2.05, 4.69) is 20.6 Å². The summed E-state index contributed by atoms with van der Waals surface area (Å²) in [6.07, 6.45) is 0.200. The number of benzene rings is 2. The van der Waals surface area contributed by atoms with Crippen LogP contribution in [0, 0.1) is 6.92 Å². The largest absolute Gasteiger partial charge is 0.352 e. The molecule has 0 aliphatic rings. The van der Waals surface area contributed by atoms with E-state index in [4.69, 9.17) is 16.1 Å². The highest BCUT2D eigenvalue weighted by Gasteiger charge is 2.20. The summed E-state index contributed by atoms with van der Waals surface area (Å²) in [5.41, 5.74) is 0.696. The van der Waals surface area contributed by atoms with Crippen molar-refractivity contribution in [2.75, 3.05) is 5.32 Å². The van der Waals surface area contributed by atoms with Crippen LogP contribution in [-0.2, 0) is 17.8 Å². The number of anilines is 1. The summed E-state index contributed by atoms with van der Waals surface area (Å²) in [6, 6.07) is 14.0. The zero-order chi connectivity index (χ0) is 24.2. The normalized spacial score (nSPS) is 10.9. The first-order chi connectivity index (χ1) is 16.4. The molecule has 0 unspecified atom stereocenters. The van der Waals surface area contributed by atoms with Crippen LogP contribution in [-0.4, -0.2) is 30.4 Å². The van der Waals surface area contributed by atoms with Crippen LogP contribution >= 0.6 is 11.6 Å². The minimum Gasteiger partial charge on any atom is -0.339 e. The van der Waals surface area contributed by atoms with Gasteiger partial charge in [0.15, 0.2) is 5.69 Å². The average Bonchev–Trinajstić information content (AvgIpc) is 3.29. The SMILES string of the molecule is CCn1c(=O)c(-c2noc(CCC(=O)Nc3ccccc3Cl)n2)nn(-c2ccc(C)cc2)c1=O. The number of nitrogens with zero attached hydrogens (tertiary/aromatic N) is 5. The fraction of sp³-hybridized carbons (Fsp3) is 0.217. The van der Waals surface area contributed by atoms with Gasteiger partial charge in [0.2, 0.25) is 17.6 Å². The first-order valence-electron chi connectivity index (χ1n) is 10.6. The molecule has 0 radical (unpaired) electrons. The molecule has 174 valence electrons. The van der Waals surface area contributed by atoms with Crippen LogP contribution in [0.15, 0.2) is 62.6 Å². The van der Waals surface area contributed by atoms with E-state index < -0.39 is 11.2 Å². The number of hydrogen-bond acceptors (Lipinski definition) is 7. The molecule has 0 bridgehead atoms. The molecule has 0 aliphatic carbocycles. The molecule has 0 atom stereocenters. The molecule has 2 heterocycles. The van der Waals surface area contributed by atoms with Crippen molar-refractivity contribution >= 4 is 23.2 Å².